The number of ether oxygens (including phenoxy) is 1. The molecule has 0 bridgehead atoms. The molecule has 3 amide bonds. The summed E-state index contributed by atoms with van der Waals surface area (Å²) in [6.07, 6.45) is -2.98. The molecule has 1 aliphatic heterocycles. The zero-order valence-corrected chi connectivity index (χ0v) is 16.4. The zero-order chi connectivity index (χ0) is 21.9. The van der Waals surface area contributed by atoms with Crippen molar-refractivity contribution in [2.45, 2.75) is 38.2 Å². The summed E-state index contributed by atoms with van der Waals surface area (Å²) in [4.78, 5) is 39.8. The van der Waals surface area contributed by atoms with E-state index in [4.69, 9.17) is 0 Å². The van der Waals surface area contributed by atoms with Crippen molar-refractivity contribution in [1.29, 1.82) is 0 Å². The molecule has 164 valence electrons. The topological polar surface area (TPSA) is 91.0 Å². The molecule has 1 aromatic rings. The first-order valence-corrected chi connectivity index (χ1v) is 9.63. The van der Waals surface area contributed by atoms with Crippen molar-refractivity contribution >= 4 is 23.4 Å². The van der Waals surface area contributed by atoms with Gasteiger partial charge in [-0.15, -0.1) is 13.2 Å². The number of alkyl halides is 3. The quantitative estimate of drug-likeness (QED) is 0.691. The summed E-state index contributed by atoms with van der Waals surface area (Å²) >= 11 is 0. The second-order valence-electron chi connectivity index (χ2n) is 7.31. The molecule has 8 nitrogen and oxygen atoms in total. The number of rotatable bonds is 5. The molecule has 0 spiro atoms. The summed E-state index contributed by atoms with van der Waals surface area (Å²) in [5, 5.41) is 5.32. The number of nitrogens with zero attached hydrogens (tertiary/aromatic N) is 2. The van der Waals surface area contributed by atoms with E-state index in [9.17, 15) is 27.6 Å². The average Bonchev–Trinajstić information content (AvgIpc) is 3.51. The van der Waals surface area contributed by atoms with Gasteiger partial charge < -0.3 is 20.3 Å². The van der Waals surface area contributed by atoms with Gasteiger partial charge in [0.15, 0.2) is 0 Å². The summed E-state index contributed by atoms with van der Waals surface area (Å²) in [5.41, 5.74) is 0.340. The highest BCUT2D eigenvalue weighted by molar-refractivity contribution is 6.35. The van der Waals surface area contributed by atoms with Crippen LogP contribution in [-0.4, -0.2) is 72.1 Å². The van der Waals surface area contributed by atoms with Crippen LogP contribution in [-0.2, 0) is 14.4 Å². The fourth-order valence-corrected chi connectivity index (χ4v) is 3.08. The molecule has 1 heterocycles. The molecular formula is C19H23F3N4O4. The lowest BCUT2D eigenvalue weighted by Gasteiger charge is -2.37. The van der Waals surface area contributed by atoms with Crippen molar-refractivity contribution in [2.75, 3.05) is 31.5 Å². The van der Waals surface area contributed by atoms with E-state index in [-0.39, 0.29) is 17.7 Å². The van der Waals surface area contributed by atoms with Gasteiger partial charge >= 0.3 is 18.2 Å². The smallest absolute Gasteiger partial charge is 0.406 e. The predicted molar refractivity (Wildman–Crippen MR) is 101 cm³/mol. The molecule has 1 atom stereocenters. The fraction of sp³-hybridized carbons (Fsp3) is 0.526. The second kappa shape index (κ2) is 8.90. The molecule has 3 rings (SSSR count). The Hall–Kier alpha value is -2.82. The number of carbonyl (C=O) groups excluding carboxylic acids is 3. The third kappa shape index (κ3) is 6.09. The van der Waals surface area contributed by atoms with E-state index in [2.05, 4.69) is 15.4 Å². The van der Waals surface area contributed by atoms with E-state index < -0.39 is 24.2 Å². The van der Waals surface area contributed by atoms with Crippen molar-refractivity contribution in [3.8, 4) is 5.75 Å². The average molecular weight is 428 g/mol. The van der Waals surface area contributed by atoms with Crippen LogP contribution in [0.15, 0.2) is 24.3 Å². The van der Waals surface area contributed by atoms with Gasteiger partial charge in [-0.3, -0.25) is 19.3 Å². The minimum Gasteiger partial charge on any atom is -0.406 e. The number of benzene rings is 1. The van der Waals surface area contributed by atoms with Gasteiger partial charge in [-0.2, -0.15) is 0 Å². The van der Waals surface area contributed by atoms with E-state index >= 15 is 0 Å². The maximum atomic E-state index is 12.5. The second-order valence-corrected chi connectivity index (χ2v) is 7.31. The number of halogens is 3. The van der Waals surface area contributed by atoms with E-state index in [1.54, 1.807) is 6.92 Å². The van der Waals surface area contributed by atoms with Gasteiger partial charge in [-0.05, 0) is 44.0 Å². The lowest BCUT2D eigenvalue weighted by atomic mass is 10.2. The Bertz CT molecular complexity index is 788. The van der Waals surface area contributed by atoms with Crippen LogP contribution in [0.1, 0.15) is 19.8 Å². The van der Waals surface area contributed by atoms with Gasteiger partial charge in [0.25, 0.3) is 0 Å². The van der Waals surface area contributed by atoms with Gasteiger partial charge in [0.2, 0.25) is 5.91 Å². The molecule has 30 heavy (non-hydrogen) atoms. The first-order chi connectivity index (χ1) is 14.1. The molecule has 11 heteroatoms. The van der Waals surface area contributed by atoms with Crippen LogP contribution in [0, 0.1) is 0 Å². The maximum absolute atomic E-state index is 12.5. The van der Waals surface area contributed by atoms with E-state index in [1.165, 1.54) is 17.0 Å². The molecule has 1 saturated heterocycles. The monoisotopic (exact) mass is 428 g/mol. The summed E-state index contributed by atoms with van der Waals surface area (Å²) < 4.78 is 40.4. The molecule has 1 aromatic carbocycles. The summed E-state index contributed by atoms with van der Waals surface area (Å²) in [7, 11) is 0. The number of hydrogen-bond acceptors (Lipinski definition) is 5. The van der Waals surface area contributed by atoms with Crippen molar-refractivity contribution in [2.24, 2.45) is 0 Å². The third-order valence-electron chi connectivity index (χ3n) is 4.99. The number of anilines is 1. The highest BCUT2D eigenvalue weighted by atomic mass is 19.4. The lowest BCUT2D eigenvalue weighted by molar-refractivity contribution is -0.274. The van der Waals surface area contributed by atoms with Crippen LogP contribution >= 0.6 is 0 Å². The third-order valence-corrected chi connectivity index (χ3v) is 4.99. The Morgan fingerprint density at radius 3 is 2.20 bits per heavy atom. The van der Waals surface area contributed by atoms with E-state index in [0.29, 0.717) is 31.9 Å². The van der Waals surface area contributed by atoms with Crippen molar-refractivity contribution < 1.29 is 32.3 Å². The standard InChI is InChI=1S/C19H23F3N4O4/c1-12(16(27)23-14-4-6-15(7-5-14)30-19(20,21)22)25-8-10-26(11-9-25)18(29)17(28)24-13-2-3-13/h4-7,12-13H,2-3,8-11H2,1H3,(H,23,27)(H,24,28). The Morgan fingerprint density at radius 2 is 1.67 bits per heavy atom. The summed E-state index contributed by atoms with van der Waals surface area (Å²) in [5.74, 6) is -1.85. The van der Waals surface area contributed by atoms with Gasteiger partial charge in [0, 0.05) is 37.9 Å². The molecule has 2 fully saturated rings. The molecule has 0 aromatic heterocycles. The van der Waals surface area contributed by atoms with Crippen LogP contribution in [0.25, 0.3) is 0 Å². The zero-order valence-electron chi connectivity index (χ0n) is 16.4. The SMILES string of the molecule is CC(C(=O)Nc1ccc(OC(F)(F)F)cc1)N1CCN(C(=O)C(=O)NC2CC2)CC1. The normalized spacial score (nSPS) is 18.5. The Morgan fingerprint density at radius 1 is 1.07 bits per heavy atom. The fourth-order valence-electron chi connectivity index (χ4n) is 3.08. The minimum atomic E-state index is -4.78. The lowest BCUT2D eigenvalue weighted by Crippen LogP contribution is -2.56. The predicted octanol–water partition coefficient (Wildman–Crippen LogP) is 1.33. The summed E-state index contributed by atoms with van der Waals surface area (Å²) in [6.45, 7) is 3.22. The maximum Gasteiger partial charge on any atom is 0.573 e. The molecule has 1 saturated carbocycles. The Kier molecular flexibility index (Phi) is 6.49. The molecule has 0 radical (unpaired) electrons. The molecule has 2 N–H and O–H groups in total. The highest BCUT2D eigenvalue weighted by Crippen LogP contribution is 2.24. The number of piperazine rings is 1. The largest absolute Gasteiger partial charge is 0.573 e. The van der Waals surface area contributed by atoms with Crippen molar-refractivity contribution in [3.05, 3.63) is 24.3 Å². The molecule has 2 aliphatic rings. The number of amides is 3. The number of hydrogen-bond donors (Lipinski definition) is 2. The van der Waals surface area contributed by atoms with Gasteiger partial charge in [-0.1, -0.05) is 0 Å². The van der Waals surface area contributed by atoms with Crippen LogP contribution in [0.2, 0.25) is 0 Å². The van der Waals surface area contributed by atoms with Crippen LogP contribution < -0.4 is 15.4 Å². The first kappa shape index (κ1) is 21.9. The minimum absolute atomic E-state index is 0.112. The van der Waals surface area contributed by atoms with Crippen LogP contribution in [0.3, 0.4) is 0 Å². The number of nitrogens with one attached hydrogen (secondary N) is 2. The molecular weight excluding hydrogens is 405 g/mol. The Balaban J connectivity index is 1.46. The van der Waals surface area contributed by atoms with E-state index in [1.807, 2.05) is 4.90 Å². The van der Waals surface area contributed by atoms with Gasteiger partial charge in [0.05, 0.1) is 6.04 Å². The number of carbonyl (C=O) groups is 3. The molecule has 1 unspecified atom stereocenters. The van der Waals surface area contributed by atoms with Gasteiger partial charge in [0.1, 0.15) is 5.75 Å². The summed E-state index contributed by atoms with van der Waals surface area (Å²) in [6, 6.07) is 4.46. The van der Waals surface area contributed by atoms with Crippen molar-refractivity contribution in [3.63, 3.8) is 0 Å². The Labute approximate surface area is 171 Å². The highest BCUT2D eigenvalue weighted by Gasteiger charge is 2.33. The first-order valence-electron chi connectivity index (χ1n) is 9.63. The van der Waals surface area contributed by atoms with Crippen LogP contribution in [0.4, 0.5) is 18.9 Å². The van der Waals surface area contributed by atoms with Crippen LogP contribution in [0.5, 0.6) is 5.75 Å². The van der Waals surface area contributed by atoms with Crippen molar-refractivity contribution in [1.82, 2.24) is 15.1 Å². The van der Waals surface area contributed by atoms with Gasteiger partial charge in [-0.25, -0.2) is 0 Å². The van der Waals surface area contributed by atoms with E-state index in [0.717, 1.165) is 25.0 Å². The molecule has 1 aliphatic carbocycles.